The molecule has 0 aliphatic carbocycles. The zero-order chi connectivity index (χ0) is 26.2. The number of anilines is 1. The molecule has 0 radical (unpaired) electrons. The Morgan fingerprint density at radius 2 is 1.77 bits per heavy atom. The van der Waals surface area contributed by atoms with E-state index < -0.39 is 28.5 Å². The van der Waals surface area contributed by atoms with E-state index in [4.69, 9.17) is 16.3 Å². The molecule has 2 amide bonds. The number of carbonyl (C=O) groups is 2. The van der Waals surface area contributed by atoms with Gasteiger partial charge in [-0.2, -0.15) is 0 Å². The third kappa shape index (κ3) is 7.86. The number of ether oxygens (including phenoxy) is 1. The number of carbonyl (C=O) groups excluding carboxylic acids is 2. The van der Waals surface area contributed by atoms with Crippen LogP contribution < -0.4 is 14.4 Å². The van der Waals surface area contributed by atoms with Crippen LogP contribution in [0.4, 0.5) is 5.69 Å². The first kappa shape index (κ1) is 28.5. The molecular weight excluding hydrogens is 490 g/mol. The van der Waals surface area contributed by atoms with Crippen molar-refractivity contribution in [1.29, 1.82) is 0 Å². The lowest BCUT2D eigenvalue weighted by Crippen LogP contribution is -2.52. The molecule has 0 bridgehead atoms. The Bertz CT molecular complexity index is 1120. The van der Waals surface area contributed by atoms with Crippen molar-refractivity contribution in [2.45, 2.75) is 46.2 Å². The smallest absolute Gasteiger partial charge is 0.244 e. The second kappa shape index (κ2) is 12.8. The highest BCUT2D eigenvalue weighted by Crippen LogP contribution is 2.27. The molecule has 35 heavy (non-hydrogen) atoms. The van der Waals surface area contributed by atoms with Crippen LogP contribution in [0.2, 0.25) is 5.02 Å². The fourth-order valence-electron chi connectivity index (χ4n) is 3.66. The molecule has 0 unspecified atom stereocenters. The molecule has 2 aromatic rings. The number of hydrogen-bond donors (Lipinski definition) is 1. The van der Waals surface area contributed by atoms with E-state index in [1.807, 2.05) is 26.0 Å². The van der Waals surface area contributed by atoms with Gasteiger partial charge in [0.05, 0.1) is 19.1 Å². The zero-order valence-corrected chi connectivity index (χ0v) is 22.4. The highest BCUT2D eigenvalue weighted by Gasteiger charge is 2.32. The number of benzene rings is 2. The van der Waals surface area contributed by atoms with Crippen LogP contribution >= 0.6 is 11.6 Å². The minimum atomic E-state index is -3.82. The van der Waals surface area contributed by atoms with Gasteiger partial charge in [0, 0.05) is 18.1 Å². The largest absolute Gasteiger partial charge is 0.497 e. The molecule has 0 aromatic heterocycles. The van der Waals surface area contributed by atoms with Gasteiger partial charge in [0.1, 0.15) is 18.3 Å². The first-order valence-electron chi connectivity index (χ1n) is 11.5. The maximum Gasteiger partial charge on any atom is 0.244 e. The van der Waals surface area contributed by atoms with E-state index in [9.17, 15) is 18.0 Å². The molecule has 0 aliphatic rings. The summed E-state index contributed by atoms with van der Waals surface area (Å²) >= 11 is 6.13. The molecule has 1 N–H and O–H groups in total. The average Bonchev–Trinajstić information content (AvgIpc) is 2.82. The maximum atomic E-state index is 13.7. The Kier molecular flexibility index (Phi) is 10.4. The van der Waals surface area contributed by atoms with Crippen molar-refractivity contribution in [3.05, 3.63) is 58.6 Å². The number of nitrogens with zero attached hydrogens (tertiary/aromatic N) is 2. The molecule has 2 rings (SSSR count). The van der Waals surface area contributed by atoms with Crippen molar-refractivity contribution in [2.75, 3.05) is 30.8 Å². The Morgan fingerprint density at radius 1 is 1.11 bits per heavy atom. The van der Waals surface area contributed by atoms with Gasteiger partial charge in [-0.25, -0.2) is 8.42 Å². The Labute approximate surface area is 213 Å². The van der Waals surface area contributed by atoms with Gasteiger partial charge in [-0.3, -0.25) is 13.9 Å². The summed E-state index contributed by atoms with van der Waals surface area (Å²) in [5.41, 5.74) is 1.76. The number of sulfonamides is 1. The van der Waals surface area contributed by atoms with E-state index in [1.165, 1.54) is 11.0 Å². The summed E-state index contributed by atoms with van der Waals surface area (Å²) in [6.45, 7) is 5.66. The molecule has 8 nitrogen and oxygen atoms in total. The van der Waals surface area contributed by atoms with Gasteiger partial charge < -0.3 is 15.0 Å². The minimum Gasteiger partial charge on any atom is -0.497 e. The number of halogens is 1. The number of aryl methyl sites for hydroxylation is 1. The molecule has 1 atom stereocenters. The predicted molar refractivity (Wildman–Crippen MR) is 139 cm³/mol. The quantitative estimate of drug-likeness (QED) is 0.457. The lowest BCUT2D eigenvalue weighted by molar-refractivity contribution is -0.140. The van der Waals surface area contributed by atoms with Crippen molar-refractivity contribution in [1.82, 2.24) is 10.2 Å². The van der Waals surface area contributed by atoms with Gasteiger partial charge in [-0.05, 0) is 55.2 Å². The fourth-order valence-corrected chi connectivity index (χ4v) is 4.72. The summed E-state index contributed by atoms with van der Waals surface area (Å²) in [6, 6.07) is 11.3. The number of nitrogens with one attached hydrogen (secondary N) is 1. The monoisotopic (exact) mass is 523 g/mol. The standard InChI is InChI=1S/C25H34ClN3O5S/c1-6-14-27-25(31)22(7-2)28(16-19-9-12-21(34-4)13-10-19)24(30)17-29(35(5,32)33)23-15-20(26)11-8-18(23)3/h8-13,15,22H,6-7,14,16-17H2,1-5H3,(H,27,31)/t22-/m0/s1. The summed E-state index contributed by atoms with van der Waals surface area (Å²) in [7, 11) is -2.26. The van der Waals surface area contributed by atoms with Gasteiger partial charge in [-0.15, -0.1) is 0 Å². The summed E-state index contributed by atoms with van der Waals surface area (Å²) in [5, 5.41) is 3.21. The summed E-state index contributed by atoms with van der Waals surface area (Å²) in [6.07, 6.45) is 2.16. The van der Waals surface area contributed by atoms with Crippen LogP contribution in [-0.4, -0.2) is 57.6 Å². The predicted octanol–water partition coefficient (Wildman–Crippen LogP) is 3.76. The first-order valence-corrected chi connectivity index (χ1v) is 13.7. The first-order chi connectivity index (χ1) is 16.5. The maximum absolute atomic E-state index is 13.7. The topological polar surface area (TPSA) is 96.0 Å². The number of hydrogen-bond acceptors (Lipinski definition) is 5. The zero-order valence-electron chi connectivity index (χ0n) is 20.9. The lowest BCUT2D eigenvalue weighted by atomic mass is 10.1. The molecule has 2 aromatic carbocycles. The minimum absolute atomic E-state index is 0.132. The molecule has 0 saturated carbocycles. The van der Waals surface area contributed by atoms with Crippen LogP contribution in [-0.2, 0) is 26.2 Å². The van der Waals surface area contributed by atoms with Crippen LogP contribution in [0, 0.1) is 6.92 Å². The van der Waals surface area contributed by atoms with E-state index in [1.54, 1.807) is 38.3 Å². The van der Waals surface area contributed by atoms with Crippen LogP contribution in [0.15, 0.2) is 42.5 Å². The van der Waals surface area contributed by atoms with Gasteiger partial charge in [-0.1, -0.05) is 43.6 Å². The Balaban J connectivity index is 2.46. The van der Waals surface area contributed by atoms with Crippen LogP contribution in [0.5, 0.6) is 5.75 Å². The third-order valence-electron chi connectivity index (χ3n) is 5.57. The lowest BCUT2D eigenvalue weighted by Gasteiger charge is -2.33. The van der Waals surface area contributed by atoms with E-state index in [0.29, 0.717) is 35.0 Å². The Hall–Kier alpha value is -2.78. The molecule has 0 saturated heterocycles. The average molecular weight is 524 g/mol. The normalized spacial score (nSPS) is 12.1. The van der Waals surface area contributed by atoms with Crippen molar-refractivity contribution < 1.29 is 22.7 Å². The summed E-state index contributed by atoms with van der Waals surface area (Å²) in [4.78, 5) is 28.0. The summed E-state index contributed by atoms with van der Waals surface area (Å²) in [5.74, 6) is -0.107. The number of methoxy groups -OCH3 is 1. The van der Waals surface area contributed by atoms with Gasteiger partial charge >= 0.3 is 0 Å². The van der Waals surface area contributed by atoms with E-state index in [2.05, 4.69) is 5.32 Å². The second-order valence-electron chi connectivity index (χ2n) is 8.29. The van der Waals surface area contributed by atoms with Crippen molar-refractivity contribution in [2.24, 2.45) is 0 Å². The number of amides is 2. The number of rotatable bonds is 12. The van der Waals surface area contributed by atoms with Crippen LogP contribution in [0.1, 0.15) is 37.8 Å². The van der Waals surface area contributed by atoms with Crippen LogP contribution in [0.25, 0.3) is 0 Å². The van der Waals surface area contributed by atoms with Gasteiger partial charge in [0.15, 0.2) is 0 Å². The van der Waals surface area contributed by atoms with Crippen LogP contribution in [0.3, 0.4) is 0 Å². The molecule has 0 spiro atoms. The third-order valence-corrected chi connectivity index (χ3v) is 6.93. The van der Waals surface area contributed by atoms with Crippen molar-refractivity contribution in [3.63, 3.8) is 0 Å². The molecule has 0 heterocycles. The van der Waals surface area contributed by atoms with Gasteiger partial charge in [0.2, 0.25) is 21.8 Å². The Morgan fingerprint density at radius 3 is 2.31 bits per heavy atom. The van der Waals surface area contributed by atoms with E-state index in [-0.39, 0.29) is 12.5 Å². The summed E-state index contributed by atoms with van der Waals surface area (Å²) < 4.78 is 31.7. The molecule has 192 valence electrons. The molecule has 0 aliphatic heterocycles. The molecular formula is C25H34ClN3O5S. The molecule has 0 fully saturated rings. The van der Waals surface area contributed by atoms with E-state index in [0.717, 1.165) is 22.5 Å². The van der Waals surface area contributed by atoms with E-state index >= 15 is 0 Å². The van der Waals surface area contributed by atoms with Crippen molar-refractivity contribution in [3.8, 4) is 5.75 Å². The second-order valence-corrected chi connectivity index (χ2v) is 10.6. The van der Waals surface area contributed by atoms with Gasteiger partial charge in [0.25, 0.3) is 0 Å². The highest BCUT2D eigenvalue weighted by molar-refractivity contribution is 7.92. The SMILES string of the molecule is CCCNC(=O)[C@H](CC)N(Cc1ccc(OC)cc1)C(=O)CN(c1cc(Cl)ccc1C)S(C)(=O)=O. The van der Waals surface area contributed by atoms with Crippen molar-refractivity contribution >= 4 is 39.1 Å². The highest BCUT2D eigenvalue weighted by atomic mass is 35.5. The molecule has 10 heteroatoms. The fraction of sp³-hybridized carbons (Fsp3) is 0.440.